The van der Waals surface area contributed by atoms with E-state index in [1.165, 1.54) is 0 Å². The Balaban J connectivity index is 1.45. The number of hydrogen-bond donors (Lipinski definition) is 1. The monoisotopic (exact) mass is 416 g/mol. The highest BCUT2D eigenvalue weighted by Gasteiger charge is 2.25. The van der Waals surface area contributed by atoms with Crippen molar-refractivity contribution in [2.45, 2.75) is 19.9 Å². The largest absolute Gasteiger partial charge is 0.378 e. The number of fused-ring (bicyclic) bond motifs is 2. The minimum atomic E-state index is -0.0630. The highest BCUT2D eigenvalue weighted by Crippen LogP contribution is 2.29. The zero-order valence-corrected chi connectivity index (χ0v) is 17.9. The number of aromatic nitrogens is 1. The molecular weight excluding hydrogens is 388 g/mol. The van der Waals surface area contributed by atoms with Crippen molar-refractivity contribution >= 4 is 28.2 Å². The molecule has 2 aromatic carbocycles. The van der Waals surface area contributed by atoms with Crippen molar-refractivity contribution in [3.8, 4) is 0 Å². The number of carbonyl (C=O) groups is 1. The normalized spacial score (nSPS) is 16.9. The summed E-state index contributed by atoms with van der Waals surface area (Å²) in [5.74, 6) is -0.0630. The highest BCUT2D eigenvalue weighted by atomic mass is 16.5. The third-order valence-electron chi connectivity index (χ3n) is 6.30. The summed E-state index contributed by atoms with van der Waals surface area (Å²) in [7, 11) is 0. The first-order chi connectivity index (χ1) is 15.2. The Kier molecular flexibility index (Phi) is 5.57. The van der Waals surface area contributed by atoms with Gasteiger partial charge in [0.05, 0.1) is 24.3 Å². The molecule has 6 heteroatoms. The van der Waals surface area contributed by atoms with Gasteiger partial charge in [-0.3, -0.25) is 14.7 Å². The molecule has 2 aliphatic heterocycles. The Morgan fingerprint density at radius 1 is 1.06 bits per heavy atom. The topological polar surface area (TPSA) is 57.7 Å². The Labute approximate surface area is 182 Å². The Hall–Kier alpha value is -2.96. The summed E-state index contributed by atoms with van der Waals surface area (Å²) in [6.45, 7) is 8.19. The van der Waals surface area contributed by atoms with Crippen LogP contribution in [-0.4, -0.2) is 55.2 Å². The van der Waals surface area contributed by atoms with Crippen LogP contribution in [0.4, 0.5) is 11.4 Å². The standard InChI is InChI=1S/C25H28N4O2/c1-2-28-12-11-23-21(17-28)24(20-5-3-4-6-22(20)27-23)25(30)26-18-7-9-19(10-8-18)29-13-15-31-16-14-29/h3-10H,2,11-17H2,1H3,(H,26,30). The van der Waals surface area contributed by atoms with Crippen LogP contribution in [0.2, 0.25) is 0 Å². The second-order valence-corrected chi connectivity index (χ2v) is 8.15. The number of likely N-dealkylation sites (N-methyl/N-ethyl adjacent to an activating group) is 1. The molecule has 1 N–H and O–H groups in total. The number of hydrogen-bond acceptors (Lipinski definition) is 5. The molecule has 160 valence electrons. The molecule has 0 aliphatic carbocycles. The number of morpholine rings is 1. The summed E-state index contributed by atoms with van der Waals surface area (Å²) in [5, 5.41) is 4.05. The predicted molar refractivity (Wildman–Crippen MR) is 124 cm³/mol. The number of benzene rings is 2. The maximum atomic E-state index is 13.5. The van der Waals surface area contributed by atoms with Crippen LogP contribution in [-0.2, 0) is 17.7 Å². The molecule has 1 amide bonds. The highest BCUT2D eigenvalue weighted by molar-refractivity contribution is 6.13. The van der Waals surface area contributed by atoms with Gasteiger partial charge in [-0.25, -0.2) is 0 Å². The fourth-order valence-electron chi connectivity index (χ4n) is 4.55. The third-order valence-corrected chi connectivity index (χ3v) is 6.30. The van der Waals surface area contributed by atoms with E-state index < -0.39 is 0 Å². The summed E-state index contributed by atoms with van der Waals surface area (Å²) in [6, 6.07) is 16.1. The van der Waals surface area contributed by atoms with Crippen molar-refractivity contribution in [3.63, 3.8) is 0 Å². The van der Waals surface area contributed by atoms with E-state index in [4.69, 9.17) is 9.72 Å². The van der Waals surface area contributed by atoms with E-state index in [1.807, 2.05) is 36.4 Å². The number of anilines is 2. The van der Waals surface area contributed by atoms with Crippen LogP contribution in [0.25, 0.3) is 10.9 Å². The maximum Gasteiger partial charge on any atom is 0.256 e. The third kappa shape index (κ3) is 4.01. The number of ether oxygens (including phenoxy) is 1. The lowest BCUT2D eigenvalue weighted by Gasteiger charge is -2.29. The van der Waals surface area contributed by atoms with E-state index in [0.29, 0.717) is 0 Å². The van der Waals surface area contributed by atoms with Gasteiger partial charge in [0.2, 0.25) is 0 Å². The molecule has 0 radical (unpaired) electrons. The van der Waals surface area contributed by atoms with Crippen LogP contribution >= 0.6 is 0 Å². The quantitative estimate of drug-likeness (QED) is 0.703. The molecule has 3 aromatic rings. The van der Waals surface area contributed by atoms with Gasteiger partial charge in [0.15, 0.2) is 0 Å². The van der Waals surface area contributed by atoms with Crippen molar-refractivity contribution in [2.24, 2.45) is 0 Å². The number of nitrogens with one attached hydrogen (secondary N) is 1. The lowest BCUT2D eigenvalue weighted by molar-refractivity contribution is 0.102. The second kappa shape index (κ2) is 8.65. The van der Waals surface area contributed by atoms with Gasteiger partial charge in [-0.15, -0.1) is 0 Å². The van der Waals surface area contributed by atoms with Crippen molar-refractivity contribution in [1.82, 2.24) is 9.88 Å². The van der Waals surface area contributed by atoms with Crippen LogP contribution in [0.3, 0.4) is 0 Å². The molecule has 2 aliphatic rings. The first-order valence-corrected chi connectivity index (χ1v) is 11.1. The van der Waals surface area contributed by atoms with Gasteiger partial charge in [0.1, 0.15) is 0 Å². The van der Waals surface area contributed by atoms with Gasteiger partial charge >= 0.3 is 0 Å². The van der Waals surface area contributed by atoms with Crippen molar-refractivity contribution in [3.05, 3.63) is 65.4 Å². The molecular formula is C25H28N4O2. The number of para-hydroxylation sites is 1. The predicted octanol–water partition coefficient (Wildman–Crippen LogP) is 3.70. The van der Waals surface area contributed by atoms with Crippen LogP contribution in [0.1, 0.15) is 28.5 Å². The van der Waals surface area contributed by atoms with Crippen LogP contribution in [0.5, 0.6) is 0 Å². The zero-order chi connectivity index (χ0) is 21.2. The molecule has 1 aromatic heterocycles. The Morgan fingerprint density at radius 2 is 1.84 bits per heavy atom. The van der Waals surface area contributed by atoms with E-state index in [9.17, 15) is 4.79 Å². The van der Waals surface area contributed by atoms with Gasteiger partial charge in [-0.2, -0.15) is 0 Å². The van der Waals surface area contributed by atoms with Crippen molar-refractivity contribution < 1.29 is 9.53 Å². The SMILES string of the molecule is CCN1CCc2nc3ccccc3c(C(=O)Nc3ccc(N4CCOCC4)cc3)c2C1. The number of carbonyl (C=O) groups excluding carboxylic acids is 1. The molecule has 3 heterocycles. The fraction of sp³-hybridized carbons (Fsp3) is 0.360. The van der Waals surface area contributed by atoms with Gasteiger partial charge in [0.25, 0.3) is 5.91 Å². The number of nitrogens with zero attached hydrogens (tertiary/aromatic N) is 3. The first kappa shape index (κ1) is 20.0. The summed E-state index contributed by atoms with van der Waals surface area (Å²) in [6.07, 6.45) is 0.878. The molecule has 0 bridgehead atoms. The van der Waals surface area contributed by atoms with Crippen LogP contribution in [0, 0.1) is 0 Å². The average Bonchev–Trinajstić information content (AvgIpc) is 2.83. The molecule has 0 spiro atoms. The van der Waals surface area contributed by atoms with Gasteiger partial charge < -0.3 is 15.0 Å². The summed E-state index contributed by atoms with van der Waals surface area (Å²) in [5.41, 5.74) is 5.73. The van der Waals surface area contributed by atoms with E-state index in [-0.39, 0.29) is 5.91 Å². The zero-order valence-electron chi connectivity index (χ0n) is 17.9. The first-order valence-electron chi connectivity index (χ1n) is 11.1. The van der Waals surface area contributed by atoms with Crippen LogP contribution in [0.15, 0.2) is 48.5 Å². The van der Waals surface area contributed by atoms with Crippen LogP contribution < -0.4 is 10.2 Å². The minimum Gasteiger partial charge on any atom is -0.378 e. The second-order valence-electron chi connectivity index (χ2n) is 8.15. The van der Waals surface area contributed by atoms with Gasteiger partial charge in [-0.05, 0) is 36.9 Å². The lowest BCUT2D eigenvalue weighted by Crippen LogP contribution is -2.36. The molecule has 6 nitrogen and oxygen atoms in total. The van der Waals surface area contributed by atoms with E-state index in [0.717, 1.165) is 91.5 Å². The molecule has 0 saturated carbocycles. The number of pyridine rings is 1. The Morgan fingerprint density at radius 3 is 2.61 bits per heavy atom. The number of rotatable bonds is 4. The molecule has 0 unspecified atom stereocenters. The summed E-state index contributed by atoms with van der Waals surface area (Å²) < 4.78 is 5.44. The van der Waals surface area contributed by atoms with E-state index in [1.54, 1.807) is 0 Å². The van der Waals surface area contributed by atoms with Gasteiger partial charge in [-0.1, -0.05) is 25.1 Å². The Bertz CT molecular complexity index is 1090. The minimum absolute atomic E-state index is 0.0630. The molecule has 1 fully saturated rings. The lowest BCUT2D eigenvalue weighted by atomic mass is 9.95. The van der Waals surface area contributed by atoms with Gasteiger partial charge in [0, 0.05) is 60.6 Å². The van der Waals surface area contributed by atoms with Crippen molar-refractivity contribution in [2.75, 3.05) is 49.6 Å². The fourth-order valence-corrected chi connectivity index (χ4v) is 4.55. The molecule has 31 heavy (non-hydrogen) atoms. The molecule has 5 rings (SSSR count). The average molecular weight is 417 g/mol. The van der Waals surface area contributed by atoms with E-state index >= 15 is 0 Å². The number of amides is 1. The smallest absolute Gasteiger partial charge is 0.256 e. The molecule has 1 saturated heterocycles. The summed E-state index contributed by atoms with van der Waals surface area (Å²) in [4.78, 5) is 23.0. The van der Waals surface area contributed by atoms with E-state index in [2.05, 4.69) is 34.2 Å². The molecule has 0 atom stereocenters. The van der Waals surface area contributed by atoms with Crippen molar-refractivity contribution in [1.29, 1.82) is 0 Å². The summed E-state index contributed by atoms with van der Waals surface area (Å²) >= 11 is 0. The maximum absolute atomic E-state index is 13.5.